The summed E-state index contributed by atoms with van der Waals surface area (Å²) in [7, 11) is 0. The van der Waals surface area contributed by atoms with E-state index in [4.69, 9.17) is 5.10 Å². The van der Waals surface area contributed by atoms with Crippen LogP contribution in [0.2, 0.25) is 0 Å². The molecule has 2 aromatic carbocycles. The van der Waals surface area contributed by atoms with Gasteiger partial charge in [0.25, 0.3) is 5.56 Å². The van der Waals surface area contributed by atoms with Gasteiger partial charge in [0.15, 0.2) is 5.82 Å². The summed E-state index contributed by atoms with van der Waals surface area (Å²) in [4.78, 5) is 27.0. The summed E-state index contributed by atoms with van der Waals surface area (Å²) in [5.41, 5.74) is 3.28. The van der Waals surface area contributed by atoms with Crippen LogP contribution < -0.4 is 10.9 Å². The maximum absolute atomic E-state index is 13.8. The second-order valence-corrected chi connectivity index (χ2v) is 8.40. The quantitative estimate of drug-likeness (QED) is 0.401. The molecule has 5 aromatic rings. The third kappa shape index (κ3) is 3.93. The van der Waals surface area contributed by atoms with Crippen molar-refractivity contribution in [1.29, 1.82) is 0 Å². The number of carbonyl (C=O) groups is 1. The summed E-state index contributed by atoms with van der Waals surface area (Å²) < 4.78 is 4.86. The molecule has 0 radical (unpaired) electrons. The number of nitrogens with one attached hydrogen (secondary N) is 1. The zero-order chi connectivity index (χ0) is 24.5. The van der Waals surface area contributed by atoms with Gasteiger partial charge in [-0.25, -0.2) is 9.36 Å². The minimum atomic E-state index is -0.826. The normalized spacial score (nSPS) is 12.1. The Balaban J connectivity index is 1.66. The predicted molar refractivity (Wildman–Crippen MR) is 136 cm³/mol. The van der Waals surface area contributed by atoms with E-state index in [1.54, 1.807) is 18.5 Å². The third-order valence-electron chi connectivity index (χ3n) is 6.14. The van der Waals surface area contributed by atoms with Crippen LogP contribution in [0.4, 0.5) is 5.69 Å². The molecule has 1 N–H and O–H groups in total. The van der Waals surface area contributed by atoms with E-state index < -0.39 is 6.04 Å². The molecular formula is C27H26N6O2. The fourth-order valence-corrected chi connectivity index (χ4v) is 4.25. The molecule has 0 bridgehead atoms. The molecule has 0 aliphatic carbocycles. The largest absolute Gasteiger partial charge is 0.324 e. The highest BCUT2D eigenvalue weighted by atomic mass is 16.2. The van der Waals surface area contributed by atoms with Gasteiger partial charge in [-0.2, -0.15) is 10.2 Å². The van der Waals surface area contributed by atoms with E-state index in [0.29, 0.717) is 22.4 Å². The van der Waals surface area contributed by atoms with Crippen molar-refractivity contribution >= 4 is 22.5 Å². The number of benzene rings is 2. The molecule has 176 valence electrons. The molecule has 0 saturated carbocycles. The monoisotopic (exact) mass is 466 g/mol. The molecule has 0 spiro atoms. The van der Waals surface area contributed by atoms with E-state index in [9.17, 15) is 9.59 Å². The van der Waals surface area contributed by atoms with Crippen LogP contribution in [0.25, 0.3) is 22.4 Å². The van der Waals surface area contributed by atoms with Crippen molar-refractivity contribution < 1.29 is 4.79 Å². The number of hydrogen-bond donors (Lipinski definition) is 1. The van der Waals surface area contributed by atoms with Gasteiger partial charge in [-0.1, -0.05) is 43.3 Å². The summed E-state index contributed by atoms with van der Waals surface area (Å²) in [6.07, 6.45) is 4.52. The number of amides is 1. The van der Waals surface area contributed by atoms with Gasteiger partial charge in [0.2, 0.25) is 5.91 Å². The molecule has 0 fully saturated rings. The minimum Gasteiger partial charge on any atom is -0.324 e. The van der Waals surface area contributed by atoms with Gasteiger partial charge < -0.3 is 9.88 Å². The van der Waals surface area contributed by atoms with Gasteiger partial charge in [0, 0.05) is 18.1 Å². The smallest absolute Gasteiger partial charge is 0.280 e. The molecule has 0 aliphatic rings. The Morgan fingerprint density at radius 1 is 0.971 bits per heavy atom. The minimum absolute atomic E-state index is 0.308. The molecule has 0 unspecified atom stereocenters. The number of aryl methyl sites for hydroxylation is 2. The Bertz CT molecular complexity index is 1570. The van der Waals surface area contributed by atoms with E-state index in [0.717, 1.165) is 23.4 Å². The first-order valence-electron chi connectivity index (χ1n) is 11.6. The average molecular weight is 467 g/mol. The van der Waals surface area contributed by atoms with Gasteiger partial charge in [-0.3, -0.25) is 9.59 Å². The zero-order valence-corrected chi connectivity index (χ0v) is 19.8. The molecule has 1 atom stereocenters. The van der Waals surface area contributed by atoms with Crippen LogP contribution in [0.3, 0.4) is 0 Å². The SMILES string of the molecule is CCc1ccccc1NC(=O)[C@@H](C)n1nc(C)c2nn(-c3ccccc3)c(-n3cccc3)c2c1=O. The lowest BCUT2D eigenvalue weighted by molar-refractivity contribution is -0.119. The highest BCUT2D eigenvalue weighted by Gasteiger charge is 2.25. The van der Waals surface area contributed by atoms with Crippen LogP contribution in [-0.4, -0.2) is 30.0 Å². The molecule has 8 heteroatoms. The number of para-hydroxylation sites is 2. The number of rotatable bonds is 6. The number of anilines is 1. The lowest BCUT2D eigenvalue weighted by Crippen LogP contribution is -2.34. The molecule has 8 nitrogen and oxygen atoms in total. The highest BCUT2D eigenvalue weighted by molar-refractivity contribution is 5.94. The van der Waals surface area contributed by atoms with Crippen LogP contribution >= 0.6 is 0 Å². The first kappa shape index (κ1) is 22.3. The van der Waals surface area contributed by atoms with Gasteiger partial charge >= 0.3 is 0 Å². The van der Waals surface area contributed by atoms with Crippen LogP contribution in [0.5, 0.6) is 0 Å². The Hall–Kier alpha value is -4.46. The summed E-state index contributed by atoms with van der Waals surface area (Å²) >= 11 is 0. The molecular weight excluding hydrogens is 440 g/mol. The number of hydrogen-bond acceptors (Lipinski definition) is 4. The Kier molecular flexibility index (Phi) is 5.78. The van der Waals surface area contributed by atoms with Crippen molar-refractivity contribution in [3.8, 4) is 11.5 Å². The average Bonchev–Trinajstić information content (AvgIpc) is 3.55. The molecule has 5 rings (SSSR count). The maximum Gasteiger partial charge on any atom is 0.280 e. The van der Waals surface area contributed by atoms with Crippen molar-refractivity contribution in [2.75, 3.05) is 5.32 Å². The molecule has 35 heavy (non-hydrogen) atoms. The van der Waals surface area contributed by atoms with Crippen LogP contribution in [-0.2, 0) is 11.2 Å². The molecule has 3 heterocycles. The standard InChI is InChI=1S/C27H26N6O2/c1-4-20-12-8-9-15-22(20)28-25(34)19(3)32-27(35)23-24(18(2)29-32)30-33(21-13-6-5-7-14-21)26(23)31-16-10-11-17-31/h5-17,19H,4H2,1-3H3,(H,28,34)/t19-/m1/s1. The second-order valence-electron chi connectivity index (χ2n) is 8.40. The van der Waals surface area contributed by atoms with Crippen molar-refractivity contribution in [2.45, 2.75) is 33.2 Å². The van der Waals surface area contributed by atoms with E-state index in [1.807, 2.05) is 90.6 Å². The Morgan fingerprint density at radius 2 is 1.66 bits per heavy atom. The fraction of sp³-hybridized carbons (Fsp3) is 0.185. The predicted octanol–water partition coefficient (Wildman–Crippen LogP) is 4.44. The Labute approximate surface area is 202 Å². The van der Waals surface area contributed by atoms with Crippen molar-refractivity contribution in [3.63, 3.8) is 0 Å². The van der Waals surface area contributed by atoms with Gasteiger partial charge in [0.05, 0.1) is 11.4 Å². The van der Waals surface area contributed by atoms with Gasteiger partial charge in [-0.15, -0.1) is 0 Å². The number of carbonyl (C=O) groups excluding carboxylic acids is 1. The van der Waals surface area contributed by atoms with E-state index in [1.165, 1.54) is 4.68 Å². The van der Waals surface area contributed by atoms with E-state index in [2.05, 4.69) is 10.4 Å². The summed E-state index contributed by atoms with van der Waals surface area (Å²) in [5.74, 6) is 0.293. The van der Waals surface area contributed by atoms with Crippen LogP contribution in [0.1, 0.15) is 31.1 Å². The summed E-state index contributed by atoms with van der Waals surface area (Å²) in [6.45, 7) is 5.52. The fourth-order valence-electron chi connectivity index (χ4n) is 4.25. The molecule has 0 saturated heterocycles. The lowest BCUT2D eigenvalue weighted by atomic mass is 10.1. The van der Waals surface area contributed by atoms with Crippen molar-refractivity contribution in [1.82, 2.24) is 24.1 Å². The highest BCUT2D eigenvalue weighted by Crippen LogP contribution is 2.25. The summed E-state index contributed by atoms with van der Waals surface area (Å²) in [5, 5.41) is 12.6. The van der Waals surface area contributed by atoms with Gasteiger partial charge in [-0.05, 0) is 56.2 Å². The van der Waals surface area contributed by atoms with Crippen LogP contribution in [0.15, 0.2) is 83.9 Å². The van der Waals surface area contributed by atoms with Gasteiger partial charge in [0.1, 0.15) is 16.9 Å². The van der Waals surface area contributed by atoms with Crippen LogP contribution in [0, 0.1) is 6.92 Å². The second kappa shape index (κ2) is 9.06. The topological polar surface area (TPSA) is 86.7 Å². The number of nitrogens with zero attached hydrogens (tertiary/aromatic N) is 5. The molecule has 3 aromatic heterocycles. The molecule has 1 amide bonds. The number of fused-ring (bicyclic) bond motifs is 1. The van der Waals surface area contributed by atoms with Crippen molar-refractivity contribution in [2.24, 2.45) is 0 Å². The molecule has 0 aliphatic heterocycles. The number of aromatic nitrogens is 5. The third-order valence-corrected chi connectivity index (χ3v) is 6.14. The van der Waals surface area contributed by atoms with E-state index >= 15 is 0 Å². The zero-order valence-electron chi connectivity index (χ0n) is 19.8. The summed E-state index contributed by atoms with van der Waals surface area (Å²) in [6, 6.07) is 20.2. The Morgan fingerprint density at radius 3 is 2.37 bits per heavy atom. The van der Waals surface area contributed by atoms with Crippen molar-refractivity contribution in [3.05, 3.63) is 101 Å². The van der Waals surface area contributed by atoms with E-state index in [-0.39, 0.29) is 11.5 Å². The maximum atomic E-state index is 13.8. The first-order valence-corrected chi connectivity index (χ1v) is 11.6. The lowest BCUT2D eigenvalue weighted by Gasteiger charge is -2.16. The first-order chi connectivity index (χ1) is 17.0.